The summed E-state index contributed by atoms with van der Waals surface area (Å²) in [6.45, 7) is 10.2. The zero-order valence-corrected chi connectivity index (χ0v) is 15.9. The molecule has 0 spiro atoms. The van der Waals surface area contributed by atoms with Crippen molar-refractivity contribution in [3.8, 4) is 5.75 Å². The number of hydrogen-bond acceptors (Lipinski definition) is 1. The van der Waals surface area contributed by atoms with E-state index in [0.717, 1.165) is 12.4 Å². The van der Waals surface area contributed by atoms with Crippen molar-refractivity contribution in [1.82, 2.24) is 0 Å². The number of aryl methyl sites for hydroxylation is 1. The lowest BCUT2D eigenvalue weighted by molar-refractivity contribution is 0.302. The Morgan fingerprint density at radius 1 is 1.09 bits per heavy atom. The van der Waals surface area contributed by atoms with Crippen LogP contribution in [0.1, 0.15) is 16.7 Å². The van der Waals surface area contributed by atoms with E-state index in [-0.39, 0.29) is 5.41 Å². The van der Waals surface area contributed by atoms with E-state index in [9.17, 15) is 0 Å². The predicted octanol–water partition coefficient (Wildman–Crippen LogP) is 3.81. The first-order valence-electron chi connectivity index (χ1n) is 7.87. The molecule has 0 N–H and O–H groups in total. The van der Waals surface area contributed by atoms with Crippen LogP contribution >= 0.6 is 0 Å². The van der Waals surface area contributed by atoms with Crippen LogP contribution in [0.3, 0.4) is 0 Å². The number of hydrogen-bond donors (Lipinski definition) is 0. The van der Waals surface area contributed by atoms with Gasteiger partial charge in [0.15, 0.2) is 0 Å². The average Bonchev–Trinajstić information content (AvgIpc) is 2.77. The Kier molecular flexibility index (Phi) is 3.81. The van der Waals surface area contributed by atoms with Crippen LogP contribution < -0.4 is 9.92 Å². The largest absolute Gasteiger partial charge is 0.492 e. The van der Waals surface area contributed by atoms with Crippen molar-refractivity contribution in [2.45, 2.75) is 38.0 Å². The highest BCUT2D eigenvalue weighted by atomic mass is 28.3. The molecular formula is C19H23OSi2. The Morgan fingerprint density at radius 3 is 2.50 bits per heavy atom. The molecular weight excluding hydrogens is 300 g/mol. The molecule has 1 unspecified atom stereocenters. The smallest absolute Gasteiger partial charge is 0.123 e. The van der Waals surface area contributed by atoms with E-state index in [4.69, 9.17) is 4.74 Å². The van der Waals surface area contributed by atoms with Gasteiger partial charge in [0, 0.05) is 13.6 Å². The maximum atomic E-state index is 6.10. The number of benzene rings is 2. The third kappa shape index (κ3) is 2.68. The number of para-hydroxylation sites is 1. The van der Waals surface area contributed by atoms with Crippen molar-refractivity contribution >= 4 is 23.5 Å². The fourth-order valence-electron chi connectivity index (χ4n) is 3.71. The Morgan fingerprint density at radius 2 is 1.82 bits per heavy atom. The molecule has 3 rings (SSSR count). The van der Waals surface area contributed by atoms with Crippen LogP contribution in [0, 0.1) is 6.92 Å². The standard InChI is InChI=1S/C19H23OSi2/c1-14-9-10-16(18(21)11-14)19(13-22(2,3)4)12-20-17-8-6-5-7-15(17)19/h5-11H,12-13H2,1-4H3. The summed E-state index contributed by atoms with van der Waals surface area (Å²) in [5.41, 5.74) is 3.97. The first kappa shape index (κ1) is 15.6. The minimum atomic E-state index is -1.28. The monoisotopic (exact) mass is 323 g/mol. The normalized spacial score (nSPS) is 20.6. The summed E-state index contributed by atoms with van der Waals surface area (Å²) >= 11 is 0. The third-order valence-electron chi connectivity index (χ3n) is 4.40. The first-order chi connectivity index (χ1) is 10.3. The molecule has 0 saturated carbocycles. The van der Waals surface area contributed by atoms with Crippen molar-refractivity contribution in [2.24, 2.45) is 0 Å². The van der Waals surface area contributed by atoms with Gasteiger partial charge in [-0.2, -0.15) is 0 Å². The summed E-state index contributed by atoms with van der Waals surface area (Å²) in [5, 5.41) is 1.19. The van der Waals surface area contributed by atoms with Gasteiger partial charge in [-0.1, -0.05) is 66.8 Å². The number of fused-ring (bicyclic) bond motifs is 1. The number of rotatable bonds is 3. The zero-order chi connectivity index (χ0) is 16.0. The lowest BCUT2D eigenvalue weighted by Gasteiger charge is -2.35. The van der Waals surface area contributed by atoms with Gasteiger partial charge < -0.3 is 4.74 Å². The van der Waals surface area contributed by atoms with Crippen LogP contribution in [0.2, 0.25) is 25.7 Å². The van der Waals surface area contributed by atoms with E-state index >= 15 is 0 Å². The highest BCUT2D eigenvalue weighted by Gasteiger charge is 2.45. The van der Waals surface area contributed by atoms with Crippen LogP contribution in [-0.4, -0.2) is 24.9 Å². The Labute approximate surface area is 138 Å². The molecule has 1 aliphatic rings. The van der Waals surface area contributed by atoms with Crippen molar-refractivity contribution in [3.05, 3.63) is 59.2 Å². The highest BCUT2D eigenvalue weighted by molar-refractivity contribution is 6.76. The third-order valence-corrected chi connectivity index (χ3v) is 6.48. The molecule has 1 heterocycles. The lowest BCUT2D eigenvalue weighted by Crippen LogP contribution is -2.41. The molecule has 1 aliphatic heterocycles. The molecule has 0 bridgehead atoms. The average molecular weight is 324 g/mol. The van der Waals surface area contributed by atoms with Gasteiger partial charge in [-0.05, 0) is 24.6 Å². The van der Waals surface area contributed by atoms with Crippen molar-refractivity contribution in [1.29, 1.82) is 0 Å². The summed E-state index contributed by atoms with van der Waals surface area (Å²) in [6.07, 6.45) is 0. The molecule has 22 heavy (non-hydrogen) atoms. The zero-order valence-electron chi connectivity index (χ0n) is 13.9. The summed E-state index contributed by atoms with van der Waals surface area (Å²) in [4.78, 5) is 0. The second-order valence-electron chi connectivity index (χ2n) is 7.65. The van der Waals surface area contributed by atoms with Gasteiger partial charge >= 0.3 is 0 Å². The first-order valence-corrected chi connectivity index (χ1v) is 12.1. The van der Waals surface area contributed by atoms with Crippen molar-refractivity contribution in [2.75, 3.05) is 6.61 Å². The quantitative estimate of drug-likeness (QED) is 0.781. The molecule has 113 valence electrons. The van der Waals surface area contributed by atoms with E-state index in [0.29, 0.717) is 0 Å². The van der Waals surface area contributed by atoms with Crippen LogP contribution in [-0.2, 0) is 5.41 Å². The van der Waals surface area contributed by atoms with Crippen LogP contribution in [0.5, 0.6) is 5.75 Å². The highest BCUT2D eigenvalue weighted by Crippen LogP contribution is 2.47. The molecule has 3 radical (unpaired) electrons. The summed E-state index contributed by atoms with van der Waals surface area (Å²) in [7, 11) is 2.59. The maximum Gasteiger partial charge on any atom is 0.123 e. The molecule has 0 aliphatic carbocycles. The Balaban J connectivity index is 2.22. The van der Waals surface area contributed by atoms with Gasteiger partial charge in [0.25, 0.3) is 0 Å². The molecule has 3 heteroatoms. The minimum Gasteiger partial charge on any atom is -0.492 e. The van der Waals surface area contributed by atoms with E-state index in [1.54, 1.807) is 0 Å². The second kappa shape index (κ2) is 5.39. The van der Waals surface area contributed by atoms with Gasteiger partial charge in [-0.15, -0.1) is 0 Å². The van der Waals surface area contributed by atoms with Gasteiger partial charge in [0.2, 0.25) is 0 Å². The molecule has 2 aromatic carbocycles. The molecule has 0 saturated heterocycles. The van der Waals surface area contributed by atoms with Crippen LogP contribution in [0.15, 0.2) is 42.5 Å². The Bertz CT molecular complexity index is 703. The van der Waals surface area contributed by atoms with E-state index in [2.05, 4.69) is 79.3 Å². The number of ether oxygens (including phenoxy) is 1. The van der Waals surface area contributed by atoms with E-state index in [1.807, 2.05) is 0 Å². The maximum absolute atomic E-state index is 6.10. The summed E-state index contributed by atoms with van der Waals surface area (Å²) in [6, 6.07) is 16.4. The predicted molar refractivity (Wildman–Crippen MR) is 97.4 cm³/mol. The van der Waals surface area contributed by atoms with Gasteiger partial charge in [-0.25, -0.2) is 0 Å². The van der Waals surface area contributed by atoms with Crippen molar-refractivity contribution < 1.29 is 4.74 Å². The Hall–Kier alpha value is -1.33. The van der Waals surface area contributed by atoms with E-state index in [1.165, 1.54) is 27.9 Å². The van der Waals surface area contributed by atoms with Crippen LogP contribution in [0.25, 0.3) is 0 Å². The van der Waals surface area contributed by atoms with E-state index < -0.39 is 8.07 Å². The minimum absolute atomic E-state index is 0.0220. The second-order valence-corrected chi connectivity index (χ2v) is 13.7. The summed E-state index contributed by atoms with van der Waals surface area (Å²) in [5.74, 6) is 1.05. The molecule has 1 nitrogen and oxygen atoms in total. The summed E-state index contributed by atoms with van der Waals surface area (Å²) < 4.78 is 6.10. The molecule has 2 aromatic rings. The van der Waals surface area contributed by atoms with Gasteiger partial charge in [0.1, 0.15) is 12.4 Å². The molecule has 0 amide bonds. The van der Waals surface area contributed by atoms with Crippen molar-refractivity contribution in [3.63, 3.8) is 0 Å². The fourth-order valence-corrected chi connectivity index (χ4v) is 6.56. The molecule has 0 fully saturated rings. The van der Waals surface area contributed by atoms with Gasteiger partial charge in [0.05, 0.1) is 15.7 Å². The van der Waals surface area contributed by atoms with Crippen LogP contribution in [0.4, 0.5) is 0 Å². The fraction of sp³-hybridized carbons (Fsp3) is 0.368. The van der Waals surface area contributed by atoms with Gasteiger partial charge in [-0.3, -0.25) is 0 Å². The topological polar surface area (TPSA) is 9.23 Å². The molecule has 0 aromatic heterocycles. The SMILES string of the molecule is Cc1ccc(C2(C[Si](C)(C)C)COc3ccccc32)c([Si])c1. The molecule has 1 atom stereocenters. The lowest BCUT2D eigenvalue weighted by atomic mass is 9.77.